The molecular weight excluding hydrogens is 296 g/mol. The normalized spacial score (nSPS) is 21.8. The molecule has 0 bridgehead atoms. The number of rotatable bonds is 5. The number of nitrogens with one attached hydrogen (secondary N) is 1. The van der Waals surface area contributed by atoms with E-state index >= 15 is 0 Å². The van der Waals surface area contributed by atoms with Gasteiger partial charge in [-0.15, -0.1) is 0 Å². The molecule has 2 aliphatic rings. The molecule has 0 fully saturated rings. The molecule has 0 aromatic carbocycles. The van der Waals surface area contributed by atoms with E-state index in [0.29, 0.717) is 11.6 Å². The molecule has 120 valence electrons. The highest BCUT2D eigenvalue weighted by Crippen LogP contribution is 2.32. The molecule has 2 atom stereocenters. The van der Waals surface area contributed by atoms with Crippen molar-refractivity contribution in [3.8, 4) is 5.88 Å². The monoisotopic (exact) mass is 314 g/mol. The van der Waals surface area contributed by atoms with Crippen LogP contribution < -0.4 is 15.8 Å². The lowest BCUT2D eigenvalue weighted by Gasteiger charge is -2.23. The zero-order valence-corrected chi connectivity index (χ0v) is 12.7. The molecule has 2 unspecified atom stereocenters. The number of pyridine rings is 1. The molecular formula is C16H18N4O3. The first-order valence-corrected chi connectivity index (χ1v) is 7.46. The lowest BCUT2D eigenvalue weighted by molar-refractivity contribution is -0.114. The molecule has 1 amide bonds. The van der Waals surface area contributed by atoms with Gasteiger partial charge >= 0.3 is 0 Å². The number of oxime groups is 1. The topological polar surface area (TPSA) is 98.8 Å². The van der Waals surface area contributed by atoms with Gasteiger partial charge in [-0.05, 0) is 24.6 Å². The van der Waals surface area contributed by atoms with Crippen LogP contribution in [0, 0.1) is 5.92 Å². The molecule has 1 aliphatic heterocycles. The van der Waals surface area contributed by atoms with E-state index in [-0.39, 0.29) is 24.5 Å². The van der Waals surface area contributed by atoms with Gasteiger partial charge in [0.1, 0.15) is 17.8 Å². The zero-order chi connectivity index (χ0) is 16.2. The second kappa shape index (κ2) is 6.62. The molecule has 23 heavy (non-hydrogen) atoms. The van der Waals surface area contributed by atoms with E-state index in [1.165, 1.54) is 6.20 Å². The Hall–Kier alpha value is -2.67. The molecule has 7 heteroatoms. The van der Waals surface area contributed by atoms with Crippen molar-refractivity contribution in [1.82, 2.24) is 4.98 Å². The van der Waals surface area contributed by atoms with Gasteiger partial charge in [0.05, 0.1) is 24.1 Å². The summed E-state index contributed by atoms with van der Waals surface area (Å²) in [4.78, 5) is 20.8. The Balaban J connectivity index is 1.69. The Labute approximate surface area is 133 Å². The van der Waals surface area contributed by atoms with Gasteiger partial charge in [-0.25, -0.2) is 4.98 Å². The summed E-state index contributed by atoms with van der Waals surface area (Å²) in [6.45, 7) is 1.97. The maximum atomic E-state index is 11.2. The predicted molar refractivity (Wildman–Crippen MR) is 85.9 cm³/mol. The molecule has 1 aromatic heterocycles. The highest BCUT2D eigenvalue weighted by atomic mass is 16.6. The Morgan fingerprint density at radius 3 is 3.04 bits per heavy atom. The lowest BCUT2D eigenvalue weighted by Crippen LogP contribution is -2.32. The zero-order valence-electron chi connectivity index (χ0n) is 12.7. The predicted octanol–water partition coefficient (Wildman–Crippen LogP) is 1.59. The number of fused-ring (bicyclic) bond motifs is 1. The minimum absolute atomic E-state index is 0.0107. The quantitative estimate of drug-likeness (QED) is 0.860. The van der Waals surface area contributed by atoms with Gasteiger partial charge in [0.2, 0.25) is 11.8 Å². The molecule has 0 radical (unpaired) electrons. The lowest BCUT2D eigenvalue weighted by atomic mass is 9.90. The number of hydrogen-bond donors (Lipinski definition) is 2. The second-order valence-corrected chi connectivity index (χ2v) is 5.18. The van der Waals surface area contributed by atoms with Crippen molar-refractivity contribution >= 4 is 17.3 Å². The molecule has 1 aliphatic carbocycles. The summed E-state index contributed by atoms with van der Waals surface area (Å²) < 4.78 is 5.95. The van der Waals surface area contributed by atoms with Crippen molar-refractivity contribution in [2.24, 2.45) is 16.8 Å². The highest BCUT2D eigenvalue weighted by Gasteiger charge is 2.37. The van der Waals surface area contributed by atoms with Crippen LogP contribution in [0.1, 0.15) is 13.3 Å². The van der Waals surface area contributed by atoms with E-state index in [0.717, 1.165) is 17.9 Å². The van der Waals surface area contributed by atoms with Gasteiger partial charge in [-0.2, -0.15) is 0 Å². The molecule has 3 N–H and O–H groups in total. The standard InChI is InChI=1S/C16H18N4O3/c1-2-11-16-12(4-3-5-13(16)23-20-11)22-15-7-6-10(9-18-15)19-14(21)8-17/h3-7,9,12,16H,2,8,17H2,1H3,(H,19,21). The Morgan fingerprint density at radius 2 is 2.35 bits per heavy atom. The molecule has 3 rings (SSSR count). The van der Waals surface area contributed by atoms with Gasteiger partial charge in [0.15, 0.2) is 0 Å². The van der Waals surface area contributed by atoms with Crippen LogP contribution in [-0.2, 0) is 9.63 Å². The number of nitrogens with two attached hydrogens (primary N) is 1. The van der Waals surface area contributed by atoms with E-state index in [2.05, 4.69) is 15.5 Å². The third-order valence-electron chi connectivity index (χ3n) is 3.65. The minimum Gasteiger partial charge on any atom is -0.469 e. The van der Waals surface area contributed by atoms with E-state index in [4.69, 9.17) is 15.3 Å². The van der Waals surface area contributed by atoms with Crippen molar-refractivity contribution in [3.05, 3.63) is 42.3 Å². The van der Waals surface area contributed by atoms with E-state index in [9.17, 15) is 4.79 Å². The third kappa shape index (κ3) is 3.24. The van der Waals surface area contributed by atoms with Crippen molar-refractivity contribution in [3.63, 3.8) is 0 Å². The number of nitrogens with zero attached hydrogens (tertiary/aromatic N) is 2. The smallest absolute Gasteiger partial charge is 0.238 e. The highest BCUT2D eigenvalue weighted by molar-refractivity contribution is 5.92. The van der Waals surface area contributed by atoms with Gasteiger partial charge in [0, 0.05) is 6.07 Å². The fraction of sp³-hybridized carbons (Fsp3) is 0.312. The number of ether oxygens (including phenoxy) is 1. The molecule has 1 aromatic rings. The largest absolute Gasteiger partial charge is 0.469 e. The van der Waals surface area contributed by atoms with E-state index < -0.39 is 0 Å². The first-order valence-electron chi connectivity index (χ1n) is 7.46. The summed E-state index contributed by atoms with van der Waals surface area (Å²) in [5.41, 5.74) is 6.79. The molecule has 7 nitrogen and oxygen atoms in total. The summed E-state index contributed by atoms with van der Waals surface area (Å²) in [5.74, 6) is 0.982. The first-order chi connectivity index (χ1) is 11.2. The van der Waals surface area contributed by atoms with Crippen LogP contribution in [0.15, 0.2) is 47.5 Å². The molecule has 2 heterocycles. The summed E-state index contributed by atoms with van der Waals surface area (Å²) in [6.07, 6.45) is 7.86. The Bertz CT molecular complexity index is 679. The number of carbonyl (C=O) groups excluding carboxylic acids is 1. The van der Waals surface area contributed by atoms with Crippen LogP contribution in [0.2, 0.25) is 0 Å². The Morgan fingerprint density at radius 1 is 1.48 bits per heavy atom. The van der Waals surface area contributed by atoms with Crippen LogP contribution in [0.3, 0.4) is 0 Å². The van der Waals surface area contributed by atoms with Gasteiger partial charge < -0.3 is 20.6 Å². The average molecular weight is 314 g/mol. The van der Waals surface area contributed by atoms with Crippen LogP contribution >= 0.6 is 0 Å². The maximum Gasteiger partial charge on any atom is 0.238 e. The van der Waals surface area contributed by atoms with Crippen LogP contribution in [0.4, 0.5) is 5.69 Å². The van der Waals surface area contributed by atoms with Crippen molar-refractivity contribution in [2.75, 3.05) is 11.9 Å². The fourth-order valence-electron chi connectivity index (χ4n) is 2.51. The first kappa shape index (κ1) is 15.2. The summed E-state index contributed by atoms with van der Waals surface area (Å²) in [5, 5.41) is 6.73. The summed E-state index contributed by atoms with van der Waals surface area (Å²) >= 11 is 0. The van der Waals surface area contributed by atoms with Gasteiger partial charge in [-0.3, -0.25) is 4.79 Å². The maximum absolute atomic E-state index is 11.2. The van der Waals surface area contributed by atoms with Crippen molar-refractivity contribution < 1.29 is 14.4 Å². The molecule has 0 saturated carbocycles. The minimum atomic E-state index is -0.266. The number of amides is 1. The number of allylic oxidation sites excluding steroid dienone is 2. The van der Waals surface area contributed by atoms with E-state index in [1.807, 2.05) is 25.2 Å². The van der Waals surface area contributed by atoms with Crippen LogP contribution in [0.25, 0.3) is 0 Å². The van der Waals surface area contributed by atoms with Gasteiger partial charge in [0.25, 0.3) is 0 Å². The average Bonchev–Trinajstić information content (AvgIpc) is 3.01. The van der Waals surface area contributed by atoms with Gasteiger partial charge in [-0.1, -0.05) is 18.2 Å². The second-order valence-electron chi connectivity index (χ2n) is 5.18. The number of aromatic nitrogens is 1. The van der Waals surface area contributed by atoms with Crippen LogP contribution in [-0.4, -0.2) is 29.3 Å². The number of hydrogen-bond acceptors (Lipinski definition) is 6. The third-order valence-corrected chi connectivity index (χ3v) is 3.65. The summed E-state index contributed by atoms with van der Waals surface area (Å²) in [7, 11) is 0. The van der Waals surface area contributed by atoms with Crippen molar-refractivity contribution in [1.29, 1.82) is 0 Å². The SMILES string of the molecule is CCC1=NOC2=CC=CC(Oc3ccc(NC(=O)CN)cn3)C21. The van der Waals surface area contributed by atoms with E-state index in [1.54, 1.807) is 12.1 Å². The number of carbonyl (C=O) groups is 1. The molecule has 0 spiro atoms. The summed E-state index contributed by atoms with van der Waals surface area (Å²) in [6, 6.07) is 3.43. The fourth-order valence-corrected chi connectivity index (χ4v) is 2.51. The molecule has 0 saturated heterocycles. The Kier molecular flexibility index (Phi) is 4.38. The number of anilines is 1. The van der Waals surface area contributed by atoms with Crippen LogP contribution in [0.5, 0.6) is 5.88 Å². The van der Waals surface area contributed by atoms with Crippen molar-refractivity contribution in [2.45, 2.75) is 19.4 Å².